The minimum Gasteiger partial charge on any atom is -0.480 e. The number of thioether (sulfide) groups is 2. The SMILES string of the molecule is N[C@@H](CSCCOCCOCCSC[C@H](N)C(=O)O)C(=O)O. The van der Waals surface area contributed by atoms with Gasteiger partial charge < -0.3 is 31.2 Å². The van der Waals surface area contributed by atoms with E-state index in [1.807, 2.05) is 0 Å². The van der Waals surface area contributed by atoms with Gasteiger partial charge in [-0.3, -0.25) is 9.59 Å². The molecule has 8 nitrogen and oxygen atoms in total. The number of hydrogen-bond donors (Lipinski definition) is 4. The highest BCUT2D eigenvalue weighted by Gasteiger charge is 2.11. The molecule has 0 aromatic rings. The first-order valence-electron chi connectivity index (χ1n) is 6.73. The lowest BCUT2D eigenvalue weighted by atomic mass is 10.4. The number of hydrogen-bond acceptors (Lipinski definition) is 8. The Morgan fingerprint density at radius 2 is 1.18 bits per heavy atom. The number of nitrogens with two attached hydrogens (primary N) is 2. The molecule has 6 N–H and O–H groups in total. The minimum atomic E-state index is -0.996. The van der Waals surface area contributed by atoms with Crippen LogP contribution in [-0.2, 0) is 19.1 Å². The lowest BCUT2D eigenvalue weighted by molar-refractivity contribution is -0.138. The smallest absolute Gasteiger partial charge is 0.321 e. The van der Waals surface area contributed by atoms with E-state index in [0.29, 0.717) is 49.4 Å². The summed E-state index contributed by atoms with van der Waals surface area (Å²) < 4.78 is 10.6. The van der Waals surface area contributed by atoms with Crippen molar-refractivity contribution in [3.05, 3.63) is 0 Å². The van der Waals surface area contributed by atoms with Crippen molar-refractivity contribution in [3.8, 4) is 0 Å². The van der Waals surface area contributed by atoms with Crippen LogP contribution in [0.25, 0.3) is 0 Å². The highest BCUT2D eigenvalue weighted by Crippen LogP contribution is 2.02. The molecule has 0 spiro atoms. The Hall–Kier alpha value is -0.520. The molecule has 10 heteroatoms. The molecule has 0 bridgehead atoms. The van der Waals surface area contributed by atoms with Gasteiger partial charge in [-0.25, -0.2) is 0 Å². The van der Waals surface area contributed by atoms with Gasteiger partial charge in [-0.15, -0.1) is 0 Å². The van der Waals surface area contributed by atoms with E-state index in [1.54, 1.807) is 0 Å². The van der Waals surface area contributed by atoms with Crippen molar-refractivity contribution in [1.82, 2.24) is 0 Å². The second kappa shape index (κ2) is 14.1. The van der Waals surface area contributed by atoms with E-state index in [-0.39, 0.29) is 0 Å². The molecule has 0 aromatic carbocycles. The Kier molecular flexibility index (Phi) is 13.8. The standard InChI is InChI=1S/C12H24N2O6S2/c13-9(11(15)16)7-21-5-3-19-1-2-20-4-6-22-8-10(14)12(17)18/h9-10H,1-8,13-14H2,(H,15,16)(H,17,18)/t9-,10-/m0/s1. The molecule has 22 heavy (non-hydrogen) atoms. The third-order valence-corrected chi connectivity index (χ3v) is 4.45. The first kappa shape index (κ1) is 21.5. The molecule has 130 valence electrons. The maximum Gasteiger partial charge on any atom is 0.321 e. The zero-order valence-corrected chi connectivity index (χ0v) is 13.9. The molecule has 0 heterocycles. The van der Waals surface area contributed by atoms with Crippen LogP contribution in [-0.4, -0.2) is 83.7 Å². The minimum absolute atomic E-state index is 0.366. The summed E-state index contributed by atoms with van der Waals surface area (Å²) >= 11 is 2.87. The Balaban J connectivity index is 3.18. The van der Waals surface area contributed by atoms with Gasteiger partial charge in [0.25, 0.3) is 0 Å². The molecule has 0 unspecified atom stereocenters. The van der Waals surface area contributed by atoms with E-state index in [4.69, 9.17) is 31.2 Å². The first-order valence-corrected chi connectivity index (χ1v) is 9.03. The maximum absolute atomic E-state index is 10.5. The number of ether oxygens (including phenoxy) is 2. The van der Waals surface area contributed by atoms with Gasteiger partial charge in [0.15, 0.2) is 0 Å². The van der Waals surface area contributed by atoms with Crippen LogP contribution in [0.4, 0.5) is 0 Å². The van der Waals surface area contributed by atoms with Crippen LogP contribution in [0.5, 0.6) is 0 Å². The highest BCUT2D eigenvalue weighted by atomic mass is 32.2. The molecule has 0 aliphatic carbocycles. The lowest BCUT2D eigenvalue weighted by Crippen LogP contribution is -2.32. The summed E-state index contributed by atoms with van der Waals surface area (Å²) in [5.41, 5.74) is 10.7. The van der Waals surface area contributed by atoms with Gasteiger partial charge >= 0.3 is 11.9 Å². The summed E-state index contributed by atoms with van der Waals surface area (Å²) in [5, 5.41) is 17.2. The van der Waals surface area contributed by atoms with Crippen LogP contribution < -0.4 is 11.5 Å². The fourth-order valence-corrected chi connectivity index (χ4v) is 2.72. The van der Waals surface area contributed by atoms with Gasteiger partial charge in [0, 0.05) is 23.0 Å². The van der Waals surface area contributed by atoms with E-state index in [9.17, 15) is 9.59 Å². The Morgan fingerprint density at radius 3 is 1.50 bits per heavy atom. The molecule has 0 fully saturated rings. The van der Waals surface area contributed by atoms with Crippen LogP contribution in [0.2, 0.25) is 0 Å². The molecule has 0 aliphatic rings. The van der Waals surface area contributed by atoms with Crippen LogP contribution >= 0.6 is 23.5 Å². The van der Waals surface area contributed by atoms with Crippen LogP contribution in [0, 0.1) is 0 Å². The van der Waals surface area contributed by atoms with Gasteiger partial charge in [-0.1, -0.05) is 0 Å². The van der Waals surface area contributed by atoms with Gasteiger partial charge in [-0.2, -0.15) is 23.5 Å². The fraction of sp³-hybridized carbons (Fsp3) is 0.833. The summed E-state index contributed by atoms with van der Waals surface area (Å²) in [5.74, 6) is 0.108. The third-order valence-electron chi connectivity index (χ3n) is 2.35. The lowest BCUT2D eigenvalue weighted by Gasteiger charge is -2.08. The number of carboxylic acids is 2. The summed E-state index contributed by atoms with van der Waals surface area (Å²) in [6.45, 7) is 1.96. The molecule has 0 saturated heterocycles. The van der Waals surface area contributed by atoms with Gasteiger partial charge in [0.2, 0.25) is 0 Å². The monoisotopic (exact) mass is 356 g/mol. The average molecular weight is 356 g/mol. The first-order chi connectivity index (χ1) is 10.4. The zero-order chi connectivity index (χ0) is 16.8. The van der Waals surface area contributed by atoms with Crippen molar-refractivity contribution in [2.24, 2.45) is 11.5 Å². The number of rotatable bonds is 15. The van der Waals surface area contributed by atoms with Gasteiger partial charge in [0.05, 0.1) is 26.4 Å². The van der Waals surface area contributed by atoms with E-state index >= 15 is 0 Å². The summed E-state index contributed by atoms with van der Waals surface area (Å²) in [6, 6.07) is -1.67. The molecule has 0 rings (SSSR count). The quantitative estimate of drug-likeness (QED) is 0.278. The van der Waals surface area contributed by atoms with Crippen molar-refractivity contribution in [1.29, 1.82) is 0 Å². The Morgan fingerprint density at radius 1 is 0.818 bits per heavy atom. The van der Waals surface area contributed by atoms with E-state index in [2.05, 4.69) is 0 Å². The zero-order valence-electron chi connectivity index (χ0n) is 12.3. The molecule has 0 radical (unpaired) electrons. The molecule has 2 atom stereocenters. The Bertz CT molecular complexity index is 292. The normalized spacial score (nSPS) is 13.7. The summed E-state index contributed by atoms with van der Waals surface area (Å²) in [4.78, 5) is 20.9. The summed E-state index contributed by atoms with van der Waals surface area (Å²) in [6.07, 6.45) is 0. The van der Waals surface area contributed by atoms with Crippen molar-refractivity contribution < 1.29 is 29.3 Å². The van der Waals surface area contributed by atoms with Crippen LogP contribution in [0.15, 0.2) is 0 Å². The second-order valence-corrected chi connectivity index (χ2v) is 6.56. The summed E-state index contributed by atoms with van der Waals surface area (Å²) in [7, 11) is 0. The second-order valence-electron chi connectivity index (χ2n) is 4.26. The molecular formula is C12H24N2O6S2. The highest BCUT2D eigenvalue weighted by molar-refractivity contribution is 7.99. The number of carboxylic acid groups (broad SMARTS) is 2. The van der Waals surface area contributed by atoms with Crippen LogP contribution in [0.3, 0.4) is 0 Å². The predicted octanol–water partition coefficient (Wildman–Crippen LogP) is -0.690. The maximum atomic E-state index is 10.5. The third kappa shape index (κ3) is 13.2. The fourth-order valence-electron chi connectivity index (χ4n) is 1.12. The largest absolute Gasteiger partial charge is 0.480 e. The van der Waals surface area contributed by atoms with Gasteiger partial charge in [0.1, 0.15) is 12.1 Å². The van der Waals surface area contributed by atoms with E-state index in [0.717, 1.165) is 0 Å². The van der Waals surface area contributed by atoms with Crippen molar-refractivity contribution in [2.75, 3.05) is 49.4 Å². The van der Waals surface area contributed by atoms with E-state index < -0.39 is 24.0 Å². The Labute approximate surface area is 138 Å². The predicted molar refractivity (Wildman–Crippen MR) is 87.5 cm³/mol. The molecule has 0 aromatic heterocycles. The average Bonchev–Trinajstić information content (AvgIpc) is 2.47. The van der Waals surface area contributed by atoms with Crippen LogP contribution in [0.1, 0.15) is 0 Å². The van der Waals surface area contributed by atoms with Crippen molar-refractivity contribution in [2.45, 2.75) is 12.1 Å². The molecule has 0 saturated carbocycles. The van der Waals surface area contributed by atoms with E-state index in [1.165, 1.54) is 23.5 Å². The molecule has 0 amide bonds. The number of carbonyl (C=O) groups is 2. The topological polar surface area (TPSA) is 145 Å². The molecule has 0 aliphatic heterocycles. The number of aliphatic carboxylic acids is 2. The van der Waals surface area contributed by atoms with Gasteiger partial charge in [-0.05, 0) is 0 Å². The molecular weight excluding hydrogens is 332 g/mol. The van der Waals surface area contributed by atoms with Crippen molar-refractivity contribution >= 4 is 35.5 Å². The van der Waals surface area contributed by atoms with Crippen molar-refractivity contribution in [3.63, 3.8) is 0 Å².